The van der Waals surface area contributed by atoms with Gasteiger partial charge in [-0.05, 0) is 6.92 Å². The molecular weight excluding hydrogens is 412 g/mol. The molecule has 4 rings (SSSR count). The van der Waals surface area contributed by atoms with Gasteiger partial charge in [-0.15, -0.1) is 5.10 Å². The van der Waals surface area contributed by atoms with Crippen LogP contribution in [0.4, 0.5) is 32.2 Å². The number of hydrogen-bond acceptors (Lipinski definition) is 10. The smallest absolute Gasteiger partial charge is 0.234 e. The highest BCUT2D eigenvalue weighted by molar-refractivity contribution is 5.61. The molecular formula is C18H21F2N9O2. The van der Waals surface area contributed by atoms with E-state index in [1.54, 1.807) is 17.9 Å². The van der Waals surface area contributed by atoms with Crippen molar-refractivity contribution < 1.29 is 18.3 Å². The Hall–Kier alpha value is -3.61. The lowest BCUT2D eigenvalue weighted by atomic mass is 10.3. The zero-order valence-corrected chi connectivity index (χ0v) is 16.9. The number of methoxy groups -OCH3 is 1. The summed E-state index contributed by atoms with van der Waals surface area (Å²) in [5.74, 6) is 0.137. The number of anilines is 4. The molecule has 0 aromatic carbocycles. The number of morpholine rings is 1. The molecule has 1 atom stereocenters. The van der Waals surface area contributed by atoms with Crippen LogP contribution in [-0.2, 0) is 4.74 Å². The Morgan fingerprint density at radius 3 is 2.61 bits per heavy atom. The lowest BCUT2D eigenvalue weighted by Crippen LogP contribution is -2.37. The van der Waals surface area contributed by atoms with Crippen molar-refractivity contribution in [1.82, 2.24) is 30.1 Å². The summed E-state index contributed by atoms with van der Waals surface area (Å²) in [6.07, 6.45) is 2.15. The number of ether oxygens (including phenoxy) is 2. The number of aromatic amines is 1. The van der Waals surface area contributed by atoms with Gasteiger partial charge in [0, 0.05) is 19.2 Å². The van der Waals surface area contributed by atoms with E-state index in [1.165, 1.54) is 7.11 Å². The Morgan fingerprint density at radius 2 is 1.94 bits per heavy atom. The topological polar surface area (TPSA) is 126 Å². The van der Waals surface area contributed by atoms with Crippen LogP contribution >= 0.6 is 0 Å². The Kier molecular flexibility index (Phi) is 6.02. The average molecular weight is 433 g/mol. The molecule has 0 radical (unpaired) electrons. The van der Waals surface area contributed by atoms with Gasteiger partial charge in [0.25, 0.3) is 0 Å². The summed E-state index contributed by atoms with van der Waals surface area (Å²) in [7, 11) is 1.47. The van der Waals surface area contributed by atoms with Crippen LogP contribution in [0.1, 0.15) is 18.8 Å². The zero-order valence-electron chi connectivity index (χ0n) is 16.9. The lowest BCUT2D eigenvalue weighted by molar-refractivity contribution is 0.122. The molecule has 0 unspecified atom stereocenters. The van der Waals surface area contributed by atoms with Gasteiger partial charge in [-0.3, -0.25) is 5.10 Å². The number of H-pyrrole nitrogens is 1. The van der Waals surface area contributed by atoms with E-state index in [-0.39, 0.29) is 17.6 Å². The maximum atomic E-state index is 15.3. The highest BCUT2D eigenvalue weighted by Crippen LogP contribution is 2.28. The minimum atomic E-state index is -0.619. The van der Waals surface area contributed by atoms with Gasteiger partial charge in [0.05, 0.1) is 38.8 Å². The van der Waals surface area contributed by atoms with Crippen molar-refractivity contribution in [3.8, 4) is 5.88 Å². The summed E-state index contributed by atoms with van der Waals surface area (Å²) in [6, 6.07) is 1.11. The number of nitrogens with zero attached hydrogens (tertiary/aromatic N) is 6. The SMILES string of the molecule is COc1cc(Nc2nc(N[C@@H](C)c3ncc(F)cn3)nc(N3CCOCC3)c2F)[nH]n1. The Bertz CT molecular complexity index is 1030. The molecule has 11 nitrogen and oxygen atoms in total. The van der Waals surface area contributed by atoms with Crippen molar-refractivity contribution in [3.05, 3.63) is 35.9 Å². The maximum absolute atomic E-state index is 15.3. The van der Waals surface area contributed by atoms with Crippen LogP contribution in [-0.4, -0.2) is 63.5 Å². The van der Waals surface area contributed by atoms with Crippen LogP contribution in [0, 0.1) is 11.6 Å². The fraction of sp³-hybridized carbons (Fsp3) is 0.389. The Balaban J connectivity index is 1.65. The second kappa shape index (κ2) is 9.04. The van der Waals surface area contributed by atoms with E-state index in [4.69, 9.17) is 9.47 Å². The Morgan fingerprint density at radius 1 is 1.19 bits per heavy atom. The first-order valence-electron chi connectivity index (χ1n) is 9.54. The van der Waals surface area contributed by atoms with Gasteiger partial charge in [0.1, 0.15) is 11.6 Å². The summed E-state index contributed by atoms with van der Waals surface area (Å²) >= 11 is 0. The van der Waals surface area contributed by atoms with Crippen LogP contribution in [0.3, 0.4) is 0 Å². The van der Waals surface area contributed by atoms with Gasteiger partial charge < -0.3 is 25.0 Å². The minimum absolute atomic E-state index is 0.0579. The average Bonchev–Trinajstić information content (AvgIpc) is 3.24. The number of hydrogen-bond donors (Lipinski definition) is 3. The number of nitrogens with one attached hydrogen (secondary N) is 3. The fourth-order valence-corrected chi connectivity index (χ4v) is 2.97. The van der Waals surface area contributed by atoms with Gasteiger partial charge in [0.2, 0.25) is 17.6 Å². The van der Waals surface area contributed by atoms with E-state index in [0.29, 0.717) is 43.8 Å². The monoisotopic (exact) mass is 433 g/mol. The molecule has 0 amide bonds. The van der Waals surface area contributed by atoms with Crippen molar-refractivity contribution in [2.45, 2.75) is 13.0 Å². The highest BCUT2D eigenvalue weighted by Gasteiger charge is 2.23. The molecule has 3 aromatic rings. The van der Waals surface area contributed by atoms with Crippen molar-refractivity contribution in [2.75, 3.05) is 48.9 Å². The van der Waals surface area contributed by atoms with Gasteiger partial charge in [-0.1, -0.05) is 0 Å². The van der Waals surface area contributed by atoms with E-state index in [9.17, 15) is 4.39 Å². The largest absolute Gasteiger partial charge is 0.480 e. The quantitative estimate of drug-likeness (QED) is 0.509. The molecule has 1 saturated heterocycles. The summed E-state index contributed by atoms with van der Waals surface area (Å²) in [6.45, 7) is 3.67. The molecule has 1 aliphatic rings. The maximum Gasteiger partial charge on any atom is 0.234 e. The molecule has 3 N–H and O–H groups in total. The molecule has 1 aliphatic heterocycles. The molecule has 31 heavy (non-hydrogen) atoms. The van der Waals surface area contributed by atoms with E-state index < -0.39 is 17.7 Å². The summed E-state index contributed by atoms with van der Waals surface area (Å²) in [4.78, 5) is 18.3. The number of halogens is 2. The van der Waals surface area contributed by atoms with Crippen molar-refractivity contribution in [2.24, 2.45) is 0 Å². The fourth-order valence-electron chi connectivity index (χ4n) is 2.97. The molecule has 0 saturated carbocycles. The number of aromatic nitrogens is 6. The summed E-state index contributed by atoms with van der Waals surface area (Å²) in [5.41, 5.74) is 0. The second-order valence-electron chi connectivity index (χ2n) is 6.71. The lowest BCUT2D eigenvalue weighted by Gasteiger charge is -2.28. The highest BCUT2D eigenvalue weighted by atomic mass is 19.1. The predicted molar refractivity (Wildman–Crippen MR) is 107 cm³/mol. The molecule has 0 aliphatic carbocycles. The minimum Gasteiger partial charge on any atom is -0.480 e. The standard InChI is InChI=1S/C18H21F2N9O2/c1-10(15-21-8-11(19)9-22-15)23-18-25-16(24-12-7-13(30-2)28-27-12)14(20)17(26-18)29-3-5-31-6-4-29/h7-10H,3-6H2,1-2H3,(H3,23,24,25,26,27,28)/t10-/m0/s1. The predicted octanol–water partition coefficient (Wildman–Crippen LogP) is 2.03. The molecule has 1 fully saturated rings. The van der Waals surface area contributed by atoms with Gasteiger partial charge in [0.15, 0.2) is 17.5 Å². The molecule has 0 spiro atoms. The van der Waals surface area contributed by atoms with Crippen molar-refractivity contribution >= 4 is 23.4 Å². The van der Waals surface area contributed by atoms with Crippen LogP contribution < -0.4 is 20.3 Å². The van der Waals surface area contributed by atoms with Crippen LogP contribution in [0.5, 0.6) is 5.88 Å². The van der Waals surface area contributed by atoms with E-state index in [0.717, 1.165) is 12.4 Å². The van der Waals surface area contributed by atoms with Gasteiger partial charge in [-0.2, -0.15) is 14.4 Å². The number of rotatable bonds is 7. The third kappa shape index (κ3) is 4.77. The molecule has 4 heterocycles. The van der Waals surface area contributed by atoms with Crippen LogP contribution in [0.25, 0.3) is 0 Å². The van der Waals surface area contributed by atoms with Crippen LogP contribution in [0.15, 0.2) is 18.5 Å². The molecule has 164 valence electrons. The first-order chi connectivity index (χ1) is 15.0. The summed E-state index contributed by atoms with van der Waals surface area (Å²) < 4.78 is 38.8. The third-order valence-corrected chi connectivity index (χ3v) is 4.53. The van der Waals surface area contributed by atoms with Gasteiger partial charge >= 0.3 is 0 Å². The van der Waals surface area contributed by atoms with Crippen molar-refractivity contribution in [3.63, 3.8) is 0 Å². The first kappa shape index (κ1) is 20.7. The third-order valence-electron chi connectivity index (χ3n) is 4.53. The normalized spacial score (nSPS) is 14.9. The molecule has 13 heteroatoms. The van der Waals surface area contributed by atoms with Gasteiger partial charge in [-0.25, -0.2) is 14.4 Å². The second-order valence-corrected chi connectivity index (χ2v) is 6.71. The van der Waals surface area contributed by atoms with E-state index in [2.05, 4.69) is 40.8 Å². The molecule has 0 bridgehead atoms. The van der Waals surface area contributed by atoms with E-state index >= 15 is 4.39 Å². The van der Waals surface area contributed by atoms with E-state index in [1.807, 2.05) is 0 Å². The first-order valence-corrected chi connectivity index (χ1v) is 9.54. The Labute approximate surface area is 176 Å². The molecule has 3 aromatic heterocycles. The van der Waals surface area contributed by atoms with Crippen molar-refractivity contribution in [1.29, 1.82) is 0 Å². The zero-order chi connectivity index (χ0) is 21.8. The van der Waals surface area contributed by atoms with Crippen LogP contribution in [0.2, 0.25) is 0 Å². The summed E-state index contributed by atoms with van der Waals surface area (Å²) in [5, 5.41) is 12.5.